The Morgan fingerprint density at radius 1 is 1.47 bits per heavy atom. The van der Waals surface area contributed by atoms with Crippen molar-refractivity contribution in [3.05, 3.63) is 31.7 Å². The molecule has 5 nitrogen and oxygen atoms in total. The van der Waals surface area contributed by atoms with Gasteiger partial charge in [0.15, 0.2) is 0 Å². The van der Waals surface area contributed by atoms with Crippen LogP contribution >= 0.6 is 27.5 Å². The molecular weight excluding hydrogens is 336 g/mol. The Labute approximate surface area is 124 Å². The van der Waals surface area contributed by atoms with Gasteiger partial charge in [0.2, 0.25) is 0 Å². The first-order chi connectivity index (χ1) is 9.08. The number of nitro groups is 1. The minimum atomic E-state index is -0.426. The zero-order valence-corrected chi connectivity index (χ0v) is 12.5. The first-order valence-electron chi connectivity index (χ1n) is 6.03. The van der Waals surface area contributed by atoms with E-state index >= 15 is 0 Å². The van der Waals surface area contributed by atoms with Gasteiger partial charge in [-0.3, -0.25) is 10.1 Å². The van der Waals surface area contributed by atoms with Crippen molar-refractivity contribution in [2.45, 2.75) is 12.8 Å². The van der Waals surface area contributed by atoms with Crippen LogP contribution in [0.25, 0.3) is 0 Å². The van der Waals surface area contributed by atoms with Crippen molar-refractivity contribution in [1.82, 2.24) is 0 Å². The minimum absolute atomic E-state index is 0.000240. The van der Waals surface area contributed by atoms with Crippen LogP contribution < -0.4 is 5.32 Å². The van der Waals surface area contributed by atoms with Gasteiger partial charge >= 0.3 is 0 Å². The fourth-order valence-corrected chi connectivity index (χ4v) is 2.54. The topological polar surface area (TPSA) is 64.4 Å². The Balaban J connectivity index is 2.09. The molecule has 7 heteroatoms. The lowest BCUT2D eigenvalue weighted by Gasteiger charge is -2.22. The number of nitrogens with zero attached hydrogens (tertiary/aromatic N) is 1. The van der Waals surface area contributed by atoms with Gasteiger partial charge in [-0.1, -0.05) is 11.6 Å². The highest BCUT2D eigenvalue weighted by atomic mass is 79.9. The summed E-state index contributed by atoms with van der Waals surface area (Å²) in [6, 6.07) is 3.01. The lowest BCUT2D eigenvalue weighted by molar-refractivity contribution is -0.384. The Kier molecular flexibility index (Phi) is 5.01. The molecule has 1 N–H and O–H groups in total. The molecule has 0 unspecified atom stereocenters. The molecule has 0 bridgehead atoms. The zero-order valence-electron chi connectivity index (χ0n) is 10.2. The molecule has 1 saturated heterocycles. The van der Waals surface area contributed by atoms with Crippen LogP contribution in [0.1, 0.15) is 12.8 Å². The summed E-state index contributed by atoms with van der Waals surface area (Å²) in [5.41, 5.74) is 0.494. The second-order valence-electron chi connectivity index (χ2n) is 4.48. The Hall–Kier alpha value is -0.850. The molecule has 19 heavy (non-hydrogen) atoms. The number of halogens is 2. The fourth-order valence-electron chi connectivity index (χ4n) is 2.03. The van der Waals surface area contributed by atoms with Crippen molar-refractivity contribution in [2.24, 2.45) is 5.92 Å². The standard InChI is InChI=1S/C12H14BrClN2O3/c13-9-5-11(12(16(17)18)6-10(9)14)15-7-8-1-3-19-4-2-8/h5-6,8,15H,1-4,7H2. The van der Waals surface area contributed by atoms with Crippen LogP contribution in [0.5, 0.6) is 0 Å². The largest absolute Gasteiger partial charge is 0.381 e. The Bertz CT molecular complexity index is 478. The number of rotatable bonds is 4. The number of hydrogen-bond donors (Lipinski definition) is 1. The van der Waals surface area contributed by atoms with E-state index in [1.54, 1.807) is 6.07 Å². The monoisotopic (exact) mass is 348 g/mol. The van der Waals surface area contributed by atoms with Crippen LogP contribution in [0.4, 0.5) is 11.4 Å². The van der Waals surface area contributed by atoms with Gasteiger partial charge < -0.3 is 10.1 Å². The van der Waals surface area contributed by atoms with Crippen molar-refractivity contribution in [3.8, 4) is 0 Å². The van der Waals surface area contributed by atoms with Gasteiger partial charge in [0.25, 0.3) is 5.69 Å². The molecule has 0 amide bonds. The summed E-state index contributed by atoms with van der Waals surface area (Å²) in [6.45, 7) is 2.23. The van der Waals surface area contributed by atoms with Crippen LogP contribution in [-0.2, 0) is 4.74 Å². The molecule has 0 aromatic heterocycles. The fraction of sp³-hybridized carbons (Fsp3) is 0.500. The smallest absolute Gasteiger partial charge is 0.293 e. The summed E-state index contributed by atoms with van der Waals surface area (Å²) >= 11 is 9.16. The lowest BCUT2D eigenvalue weighted by atomic mass is 10.0. The van der Waals surface area contributed by atoms with Crippen LogP contribution in [0.2, 0.25) is 5.02 Å². The number of anilines is 1. The lowest BCUT2D eigenvalue weighted by Crippen LogP contribution is -2.22. The third-order valence-corrected chi connectivity index (χ3v) is 4.35. The van der Waals surface area contributed by atoms with Crippen LogP contribution in [0.15, 0.2) is 16.6 Å². The van der Waals surface area contributed by atoms with E-state index in [1.165, 1.54) is 6.07 Å². The van der Waals surface area contributed by atoms with E-state index in [9.17, 15) is 10.1 Å². The summed E-state index contributed by atoms with van der Waals surface area (Å²) in [7, 11) is 0. The van der Waals surface area contributed by atoms with E-state index < -0.39 is 4.92 Å². The molecule has 1 aliphatic rings. The average molecular weight is 350 g/mol. The summed E-state index contributed by atoms with van der Waals surface area (Å²) in [6.07, 6.45) is 1.96. The SMILES string of the molecule is O=[N+]([O-])c1cc(Cl)c(Br)cc1NCC1CCOCC1. The first kappa shape index (κ1) is 14.6. The maximum Gasteiger partial charge on any atom is 0.293 e. The predicted octanol–water partition coefficient (Wildman–Crippen LogP) is 3.85. The van der Waals surface area contributed by atoms with Crippen molar-refractivity contribution in [3.63, 3.8) is 0 Å². The van der Waals surface area contributed by atoms with E-state index in [-0.39, 0.29) is 5.69 Å². The number of hydrogen-bond acceptors (Lipinski definition) is 4. The second-order valence-corrected chi connectivity index (χ2v) is 5.74. The Morgan fingerprint density at radius 3 is 2.79 bits per heavy atom. The van der Waals surface area contributed by atoms with E-state index in [0.29, 0.717) is 27.6 Å². The van der Waals surface area contributed by atoms with E-state index in [2.05, 4.69) is 21.2 Å². The van der Waals surface area contributed by atoms with Gasteiger partial charge in [0.1, 0.15) is 5.69 Å². The Morgan fingerprint density at radius 2 is 2.16 bits per heavy atom. The molecule has 1 fully saturated rings. The predicted molar refractivity (Wildman–Crippen MR) is 77.8 cm³/mol. The third-order valence-electron chi connectivity index (χ3n) is 3.16. The highest BCUT2D eigenvalue weighted by Gasteiger charge is 2.19. The highest BCUT2D eigenvalue weighted by Crippen LogP contribution is 2.34. The molecule has 0 atom stereocenters. The molecule has 1 aliphatic heterocycles. The molecule has 0 aliphatic carbocycles. The normalized spacial score (nSPS) is 16.3. The van der Waals surface area contributed by atoms with Gasteiger partial charge in [-0.25, -0.2) is 0 Å². The number of nitrogens with one attached hydrogen (secondary N) is 1. The van der Waals surface area contributed by atoms with Crippen LogP contribution in [0.3, 0.4) is 0 Å². The van der Waals surface area contributed by atoms with Crippen molar-refractivity contribution < 1.29 is 9.66 Å². The van der Waals surface area contributed by atoms with Crippen molar-refractivity contribution in [1.29, 1.82) is 0 Å². The molecule has 0 radical (unpaired) electrons. The van der Waals surface area contributed by atoms with Gasteiger partial charge in [-0.05, 0) is 40.8 Å². The molecule has 0 spiro atoms. The molecule has 1 aromatic carbocycles. The summed E-state index contributed by atoms with van der Waals surface area (Å²) in [4.78, 5) is 10.6. The summed E-state index contributed by atoms with van der Waals surface area (Å²) in [5.74, 6) is 0.489. The second kappa shape index (κ2) is 6.54. The maximum atomic E-state index is 11.0. The molecular formula is C12H14BrClN2O3. The van der Waals surface area contributed by atoms with Crippen molar-refractivity contribution >= 4 is 38.9 Å². The number of benzene rings is 1. The maximum absolute atomic E-state index is 11.0. The zero-order chi connectivity index (χ0) is 13.8. The molecule has 2 rings (SSSR count). The minimum Gasteiger partial charge on any atom is -0.381 e. The highest BCUT2D eigenvalue weighted by molar-refractivity contribution is 9.10. The van der Waals surface area contributed by atoms with Gasteiger partial charge in [0, 0.05) is 30.3 Å². The molecule has 1 aromatic rings. The first-order valence-corrected chi connectivity index (χ1v) is 7.20. The van der Waals surface area contributed by atoms with Gasteiger partial charge in [-0.2, -0.15) is 0 Å². The molecule has 0 saturated carbocycles. The summed E-state index contributed by atoms with van der Waals surface area (Å²) in [5, 5.41) is 14.5. The average Bonchev–Trinajstić information content (AvgIpc) is 2.40. The van der Waals surface area contributed by atoms with E-state index in [0.717, 1.165) is 26.1 Å². The van der Waals surface area contributed by atoms with E-state index in [1.807, 2.05) is 0 Å². The van der Waals surface area contributed by atoms with Gasteiger partial charge in [-0.15, -0.1) is 0 Å². The molecule has 104 valence electrons. The van der Waals surface area contributed by atoms with Crippen LogP contribution in [0, 0.1) is 16.0 Å². The molecule has 1 heterocycles. The van der Waals surface area contributed by atoms with E-state index in [4.69, 9.17) is 16.3 Å². The van der Waals surface area contributed by atoms with Gasteiger partial charge in [0.05, 0.1) is 9.95 Å². The third kappa shape index (κ3) is 3.81. The van der Waals surface area contributed by atoms with Crippen molar-refractivity contribution in [2.75, 3.05) is 25.1 Å². The summed E-state index contributed by atoms with van der Waals surface area (Å²) < 4.78 is 5.94. The van der Waals surface area contributed by atoms with Crippen LogP contribution in [-0.4, -0.2) is 24.7 Å². The quantitative estimate of drug-likeness (QED) is 0.662. The number of nitro benzene ring substituents is 1. The number of ether oxygens (including phenoxy) is 1.